The highest BCUT2D eigenvalue weighted by Crippen LogP contribution is 2.12. The minimum atomic E-state index is -0.381. The van der Waals surface area contributed by atoms with Crippen LogP contribution >= 0.6 is 0 Å². The number of carbonyl (C=O) groups is 2. The summed E-state index contributed by atoms with van der Waals surface area (Å²) in [6.45, 7) is 8.78. The van der Waals surface area contributed by atoms with Crippen molar-refractivity contribution in [3.05, 3.63) is 30.1 Å². The number of amides is 2. The minimum Gasteiger partial charge on any atom is -0.373 e. The van der Waals surface area contributed by atoms with Gasteiger partial charge in [-0.15, -0.1) is 0 Å². The van der Waals surface area contributed by atoms with Gasteiger partial charge in [0, 0.05) is 45.0 Å². The van der Waals surface area contributed by atoms with Gasteiger partial charge in [0.05, 0.1) is 25.3 Å². The molecule has 2 fully saturated rings. The average Bonchev–Trinajstić information content (AvgIpc) is 2.61. The fraction of sp³-hybridized carbons (Fsp3) is 0.600. The van der Waals surface area contributed by atoms with Crippen molar-refractivity contribution in [2.45, 2.75) is 26.1 Å². The number of anilines is 1. The van der Waals surface area contributed by atoms with Crippen molar-refractivity contribution in [1.29, 1.82) is 0 Å². The number of rotatable bonds is 5. The standard InChI is InChI=1S/C20H29FN4O3/c1-15-11-24(12-16(2)28-15)14-20(27)25-8-6-23(7-9-25)13-19(26)22-18-5-3-4-17(21)10-18/h3-5,10,15-16H,6-9,11-14H2,1-2H3,(H,22,26)/t15-,16-/m1/s1. The molecule has 0 aliphatic carbocycles. The molecule has 1 aromatic rings. The van der Waals surface area contributed by atoms with Crippen molar-refractivity contribution in [3.63, 3.8) is 0 Å². The van der Waals surface area contributed by atoms with Crippen LogP contribution in [0.1, 0.15) is 13.8 Å². The normalized spacial score (nSPS) is 24.2. The Morgan fingerprint density at radius 2 is 1.75 bits per heavy atom. The number of halogens is 1. The molecule has 7 nitrogen and oxygen atoms in total. The van der Waals surface area contributed by atoms with Crippen LogP contribution in [-0.2, 0) is 14.3 Å². The van der Waals surface area contributed by atoms with Crippen LogP contribution in [0.2, 0.25) is 0 Å². The van der Waals surface area contributed by atoms with Crippen LogP contribution in [0.4, 0.5) is 10.1 Å². The molecule has 2 amide bonds. The van der Waals surface area contributed by atoms with Gasteiger partial charge >= 0.3 is 0 Å². The fourth-order valence-electron chi connectivity index (χ4n) is 3.83. The van der Waals surface area contributed by atoms with E-state index in [0.717, 1.165) is 13.1 Å². The number of hydrogen-bond donors (Lipinski definition) is 1. The summed E-state index contributed by atoms with van der Waals surface area (Å²) < 4.78 is 18.9. The Morgan fingerprint density at radius 3 is 2.39 bits per heavy atom. The van der Waals surface area contributed by atoms with Gasteiger partial charge in [-0.25, -0.2) is 4.39 Å². The lowest BCUT2D eigenvalue weighted by Gasteiger charge is -2.38. The zero-order chi connectivity index (χ0) is 20.1. The number of morpholine rings is 1. The lowest BCUT2D eigenvalue weighted by molar-refractivity contribution is -0.137. The second kappa shape index (κ2) is 9.45. The molecular formula is C20H29FN4O3. The summed E-state index contributed by atoms with van der Waals surface area (Å²) in [6, 6.07) is 5.85. The topological polar surface area (TPSA) is 65.1 Å². The SMILES string of the molecule is C[C@@H]1CN(CC(=O)N2CCN(CC(=O)Nc3cccc(F)c3)CC2)C[C@@H](C)O1. The van der Waals surface area contributed by atoms with Gasteiger partial charge in [0.25, 0.3) is 0 Å². The summed E-state index contributed by atoms with van der Waals surface area (Å²) in [5.74, 6) is -0.430. The van der Waals surface area contributed by atoms with E-state index < -0.39 is 0 Å². The van der Waals surface area contributed by atoms with Gasteiger partial charge in [0.15, 0.2) is 0 Å². The monoisotopic (exact) mass is 392 g/mol. The van der Waals surface area contributed by atoms with E-state index in [9.17, 15) is 14.0 Å². The quantitative estimate of drug-likeness (QED) is 0.811. The molecule has 0 radical (unpaired) electrons. The first kappa shape index (κ1) is 20.7. The summed E-state index contributed by atoms with van der Waals surface area (Å²) in [7, 11) is 0. The van der Waals surface area contributed by atoms with E-state index in [4.69, 9.17) is 4.74 Å². The number of piperazine rings is 1. The number of nitrogens with one attached hydrogen (secondary N) is 1. The summed E-state index contributed by atoms with van der Waals surface area (Å²) in [4.78, 5) is 30.8. The highest BCUT2D eigenvalue weighted by Gasteiger charge is 2.27. The molecule has 154 valence electrons. The van der Waals surface area contributed by atoms with Crippen LogP contribution in [-0.4, -0.2) is 91.1 Å². The first-order valence-corrected chi connectivity index (χ1v) is 9.82. The Labute approximate surface area is 165 Å². The number of ether oxygens (including phenoxy) is 1. The maximum Gasteiger partial charge on any atom is 0.238 e. The van der Waals surface area contributed by atoms with Gasteiger partial charge in [-0.1, -0.05) is 6.07 Å². The smallest absolute Gasteiger partial charge is 0.238 e. The van der Waals surface area contributed by atoms with E-state index in [1.165, 1.54) is 12.1 Å². The summed E-state index contributed by atoms with van der Waals surface area (Å²) in [5, 5.41) is 2.71. The molecule has 0 aromatic heterocycles. The van der Waals surface area contributed by atoms with Crippen LogP contribution in [0.5, 0.6) is 0 Å². The molecule has 2 aliphatic rings. The molecule has 0 saturated carbocycles. The molecule has 2 atom stereocenters. The van der Waals surface area contributed by atoms with Gasteiger partial charge in [-0.2, -0.15) is 0 Å². The predicted octanol–water partition coefficient (Wildman–Crippen LogP) is 1.02. The molecule has 1 aromatic carbocycles. The van der Waals surface area contributed by atoms with Crippen LogP contribution in [0.15, 0.2) is 24.3 Å². The van der Waals surface area contributed by atoms with Crippen molar-refractivity contribution in [1.82, 2.24) is 14.7 Å². The second-order valence-corrected chi connectivity index (χ2v) is 7.67. The Kier molecular flexibility index (Phi) is 6.98. The molecule has 1 N–H and O–H groups in total. The molecule has 8 heteroatoms. The Bertz CT molecular complexity index is 684. The lowest BCUT2D eigenvalue weighted by Crippen LogP contribution is -2.54. The van der Waals surface area contributed by atoms with Gasteiger partial charge in [-0.3, -0.25) is 19.4 Å². The predicted molar refractivity (Wildman–Crippen MR) is 104 cm³/mol. The summed E-state index contributed by atoms with van der Waals surface area (Å²) in [5.41, 5.74) is 0.452. The molecule has 0 unspecified atom stereocenters. The largest absolute Gasteiger partial charge is 0.373 e. The van der Waals surface area contributed by atoms with Gasteiger partial charge in [0.2, 0.25) is 11.8 Å². The Morgan fingerprint density at radius 1 is 1.07 bits per heavy atom. The van der Waals surface area contributed by atoms with Crippen molar-refractivity contribution in [2.75, 3.05) is 57.7 Å². The van der Waals surface area contributed by atoms with Gasteiger partial charge in [-0.05, 0) is 32.0 Å². The highest BCUT2D eigenvalue weighted by atomic mass is 19.1. The molecule has 2 heterocycles. The number of carbonyl (C=O) groups excluding carboxylic acids is 2. The van der Waals surface area contributed by atoms with E-state index >= 15 is 0 Å². The third kappa shape index (κ3) is 5.98. The molecule has 2 saturated heterocycles. The van der Waals surface area contributed by atoms with E-state index in [0.29, 0.717) is 38.4 Å². The number of benzene rings is 1. The zero-order valence-corrected chi connectivity index (χ0v) is 16.6. The third-order valence-corrected chi connectivity index (χ3v) is 5.05. The van der Waals surface area contributed by atoms with E-state index in [2.05, 4.69) is 10.2 Å². The van der Waals surface area contributed by atoms with Crippen molar-refractivity contribution < 1.29 is 18.7 Å². The van der Waals surface area contributed by atoms with Crippen LogP contribution in [0.25, 0.3) is 0 Å². The minimum absolute atomic E-state index is 0.130. The maximum absolute atomic E-state index is 13.2. The molecule has 28 heavy (non-hydrogen) atoms. The molecule has 0 bridgehead atoms. The summed E-state index contributed by atoms with van der Waals surface area (Å²) in [6.07, 6.45) is 0.287. The molecular weight excluding hydrogens is 363 g/mol. The first-order valence-electron chi connectivity index (χ1n) is 9.82. The van der Waals surface area contributed by atoms with E-state index in [-0.39, 0.29) is 36.4 Å². The van der Waals surface area contributed by atoms with Crippen molar-refractivity contribution >= 4 is 17.5 Å². The van der Waals surface area contributed by atoms with E-state index in [1.807, 2.05) is 23.6 Å². The summed E-state index contributed by atoms with van der Waals surface area (Å²) >= 11 is 0. The van der Waals surface area contributed by atoms with Crippen LogP contribution in [0, 0.1) is 5.82 Å². The zero-order valence-electron chi connectivity index (χ0n) is 16.6. The molecule has 2 aliphatic heterocycles. The Hall–Kier alpha value is -2.03. The van der Waals surface area contributed by atoms with Crippen molar-refractivity contribution in [2.24, 2.45) is 0 Å². The van der Waals surface area contributed by atoms with Gasteiger partial charge in [0.1, 0.15) is 5.82 Å². The number of hydrogen-bond acceptors (Lipinski definition) is 5. The number of nitrogens with zero attached hydrogens (tertiary/aromatic N) is 3. The first-order chi connectivity index (χ1) is 13.4. The molecule has 3 rings (SSSR count). The third-order valence-electron chi connectivity index (χ3n) is 5.05. The maximum atomic E-state index is 13.2. The molecule has 0 spiro atoms. The lowest BCUT2D eigenvalue weighted by atomic mass is 10.2. The van der Waals surface area contributed by atoms with Gasteiger partial charge < -0.3 is 15.0 Å². The van der Waals surface area contributed by atoms with Crippen LogP contribution < -0.4 is 5.32 Å². The second-order valence-electron chi connectivity index (χ2n) is 7.67. The Balaban J connectivity index is 1.40. The van der Waals surface area contributed by atoms with Crippen molar-refractivity contribution in [3.8, 4) is 0 Å². The van der Waals surface area contributed by atoms with E-state index in [1.54, 1.807) is 12.1 Å². The van der Waals surface area contributed by atoms with Crippen LogP contribution in [0.3, 0.4) is 0 Å². The highest BCUT2D eigenvalue weighted by molar-refractivity contribution is 5.92. The average molecular weight is 392 g/mol. The fourth-order valence-corrected chi connectivity index (χ4v) is 3.83.